The third kappa shape index (κ3) is 3.34. The van der Waals surface area contributed by atoms with Gasteiger partial charge in [-0.05, 0) is 14.1 Å². The van der Waals surface area contributed by atoms with Gasteiger partial charge >= 0.3 is 0 Å². The number of nitrogens with zero attached hydrogens (tertiary/aromatic N) is 6. The smallest absolute Gasteiger partial charge is 0.251 e. The fourth-order valence-corrected chi connectivity index (χ4v) is 2.02. The van der Waals surface area contributed by atoms with Gasteiger partial charge in [-0.25, -0.2) is 4.98 Å². The van der Waals surface area contributed by atoms with Crippen molar-refractivity contribution in [2.24, 2.45) is 4.99 Å². The maximum absolute atomic E-state index is 11.3. The van der Waals surface area contributed by atoms with E-state index >= 15 is 0 Å². The molecule has 1 N–H and O–H groups in total. The monoisotopic (exact) mass is 299 g/mol. The van der Waals surface area contributed by atoms with E-state index in [1.54, 1.807) is 18.5 Å². The first-order chi connectivity index (χ1) is 10.6. The normalized spacial score (nSPS) is 13.5. The van der Waals surface area contributed by atoms with Crippen molar-refractivity contribution in [2.45, 2.75) is 13.0 Å². The highest BCUT2D eigenvalue weighted by Crippen LogP contribution is 2.09. The van der Waals surface area contributed by atoms with E-state index in [2.05, 4.69) is 30.3 Å². The van der Waals surface area contributed by atoms with Crippen molar-refractivity contribution in [3.05, 3.63) is 29.3 Å². The first-order valence-corrected chi connectivity index (χ1v) is 6.99. The van der Waals surface area contributed by atoms with Crippen LogP contribution in [0.15, 0.2) is 23.6 Å². The number of likely N-dealkylation sites (N-methyl/N-ethyl adjacent to an activating group) is 1. The van der Waals surface area contributed by atoms with E-state index in [4.69, 9.17) is 0 Å². The van der Waals surface area contributed by atoms with E-state index in [1.165, 1.54) is 0 Å². The summed E-state index contributed by atoms with van der Waals surface area (Å²) in [4.78, 5) is 25.8. The minimum absolute atomic E-state index is 0.186. The molecule has 0 unspecified atom stereocenters. The standard InChI is InChI=1S/C14H17N7O/c1-20(2)5-6-21-9-11(8-16-21)17-14-15-7-10-3-4-12(22)18-13(10)19-14/h3,7-9H,4-6H2,1-2H3,(H,17,18,19,22). The van der Waals surface area contributed by atoms with E-state index in [-0.39, 0.29) is 5.91 Å². The molecule has 2 aromatic rings. The maximum atomic E-state index is 11.3. The number of carbonyl (C=O) groups is 1. The van der Waals surface area contributed by atoms with Crippen LogP contribution in [0, 0.1) is 0 Å². The summed E-state index contributed by atoms with van der Waals surface area (Å²) in [5.41, 5.74) is 1.21. The highest BCUT2D eigenvalue weighted by molar-refractivity contribution is 5.82. The van der Waals surface area contributed by atoms with Gasteiger partial charge in [-0.3, -0.25) is 9.48 Å². The second-order valence-electron chi connectivity index (χ2n) is 5.31. The third-order valence-electron chi connectivity index (χ3n) is 3.19. The Morgan fingerprint density at radius 2 is 2.23 bits per heavy atom. The van der Waals surface area contributed by atoms with Gasteiger partial charge in [-0.2, -0.15) is 15.1 Å². The summed E-state index contributed by atoms with van der Waals surface area (Å²) < 4.78 is 1.85. The van der Waals surface area contributed by atoms with E-state index in [0.29, 0.717) is 17.9 Å². The largest absolute Gasteiger partial charge is 0.321 e. The molecule has 0 saturated heterocycles. The fourth-order valence-electron chi connectivity index (χ4n) is 2.02. The minimum atomic E-state index is -0.186. The Morgan fingerprint density at radius 3 is 3.05 bits per heavy atom. The number of rotatable bonds is 5. The van der Waals surface area contributed by atoms with Crippen molar-refractivity contribution in [1.29, 1.82) is 0 Å². The molecule has 1 aliphatic rings. The van der Waals surface area contributed by atoms with Crippen molar-refractivity contribution in [2.75, 3.05) is 26.0 Å². The summed E-state index contributed by atoms with van der Waals surface area (Å²) in [6, 6.07) is 0. The summed E-state index contributed by atoms with van der Waals surface area (Å²) in [5.74, 6) is 0.214. The molecule has 0 atom stereocenters. The summed E-state index contributed by atoms with van der Waals surface area (Å²) in [5, 5.41) is 8.13. The van der Waals surface area contributed by atoms with Gasteiger partial charge in [0, 0.05) is 30.6 Å². The van der Waals surface area contributed by atoms with Crippen LogP contribution in [0.2, 0.25) is 0 Å². The van der Waals surface area contributed by atoms with Crippen LogP contribution in [-0.4, -0.2) is 51.2 Å². The average molecular weight is 299 g/mol. The second kappa shape index (κ2) is 6.02. The lowest BCUT2D eigenvalue weighted by molar-refractivity contribution is -0.117. The highest BCUT2D eigenvalue weighted by atomic mass is 16.1. The van der Waals surface area contributed by atoms with Crippen LogP contribution >= 0.6 is 0 Å². The molecular formula is C14H17N7O. The SMILES string of the molecule is CN(C)CCn1cc(Nc2ncc3c(n2)=NC(=O)CC=3)cn1. The lowest BCUT2D eigenvalue weighted by Crippen LogP contribution is -2.33. The molecule has 0 saturated carbocycles. The fraction of sp³-hybridized carbons (Fsp3) is 0.357. The van der Waals surface area contributed by atoms with Crippen LogP contribution in [-0.2, 0) is 11.3 Å². The number of hydrogen-bond acceptors (Lipinski definition) is 6. The topological polar surface area (TPSA) is 88.3 Å². The Hall–Kier alpha value is -2.61. The van der Waals surface area contributed by atoms with Gasteiger partial charge in [-0.15, -0.1) is 0 Å². The summed E-state index contributed by atoms with van der Waals surface area (Å²) >= 11 is 0. The van der Waals surface area contributed by atoms with Gasteiger partial charge in [0.05, 0.1) is 18.4 Å². The number of carbonyl (C=O) groups excluding carboxylic acids is 1. The minimum Gasteiger partial charge on any atom is -0.321 e. The van der Waals surface area contributed by atoms with Gasteiger partial charge in [0.2, 0.25) is 5.95 Å². The van der Waals surface area contributed by atoms with Gasteiger partial charge in [-0.1, -0.05) is 6.08 Å². The molecule has 114 valence electrons. The van der Waals surface area contributed by atoms with Gasteiger partial charge in [0.1, 0.15) is 0 Å². The molecule has 0 fully saturated rings. The molecule has 0 aliphatic carbocycles. The number of anilines is 2. The molecule has 3 heterocycles. The third-order valence-corrected chi connectivity index (χ3v) is 3.19. The maximum Gasteiger partial charge on any atom is 0.251 e. The molecule has 8 heteroatoms. The summed E-state index contributed by atoms with van der Waals surface area (Å²) in [6.07, 6.45) is 7.36. The summed E-state index contributed by atoms with van der Waals surface area (Å²) in [6.45, 7) is 1.71. The van der Waals surface area contributed by atoms with Crippen LogP contribution in [0.25, 0.3) is 6.08 Å². The molecule has 0 spiro atoms. The molecule has 3 rings (SSSR count). The van der Waals surface area contributed by atoms with E-state index in [1.807, 2.05) is 25.0 Å². The Kier molecular flexibility index (Phi) is 3.92. The first kappa shape index (κ1) is 14.3. The van der Waals surface area contributed by atoms with E-state index < -0.39 is 0 Å². The number of amides is 1. The van der Waals surface area contributed by atoms with Crippen LogP contribution in [0.1, 0.15) is 6.42 Å². The quantitative estimate of drug-likeness (QED) is 0.786. The number of fused-ring (bicyclic) bond motifs is 1. The number of nitrogens with one attached hydrogen (secondary N) is 1. The van der Waals surface area contributed by atoms with Gasteiger partial charge in [0.15, 0.2) is 5.49 Å². The summed E-state index contributed by atoms with van der Waals surface area (Å²) in [7, 11) is 4.04. The first-order valence-electron chi connectivity index (χ1n) is 6.99. The molecular weight excluding hydrogens is 282 g/mol. The average Bonchev–Trinajstić information content (AvgIpc) is 2.92. The predicted octanol–water partition coefficient (Wildman–Crippen LogP) is -0.691. The van der Waals surface area contributed by atoms with Crippen molar-refractivity contribution in [1.82, 2.24) is 24.6 Å². The van der Waals surface area contributed by atoms with Gasteiger partial charge < -0.3 is 10.2 Å². The Labute approximate surface area is 127 Å². The van der Waals surface area contributed by atoms with Crippen LogP contribution in [0.3, 0.4) is 0 Å². The Morgan fingerprint density at radius 1 is 1.36 bits per heavy atom. The number of aromatic nitrogens is 4. The zero-order valence-electron chi connectivity index (χ0n) is 12.5. The second-order valence-corrected chi connectivity index (χ2v) is 5.31. The van der Waals surface area contributed by atoms with Crippen molar-refractivity contribution >= 4 is 23.6 Å². The Balaban J connectivity index is 1.75. The van der Waals surface area contributed by atoms with Gasteiger partial charge in [0.25, 0.3) is 5.91 Å². The lowest BCUT2D eigenvalue weighted by Gasteiger charge is -2.08. The number of hydrogen-bond donors (Lipinski definition) is 1. The van der Waals surface area contributed by atoms with Crippen molar-refractivity contribution in [3.8, 4) is 0 Å². The lowest BCUT2D eigenvalue weighted by atomic mass is 10.3. The molecule has 0 bridgehead atoms. The predicted molar refractivity (Wildman–Crippen MR) is 81.0 cm³/mol. The zero-order valence-corrected chi connectivity index (χ0v) is 12.5. The molecule has 1 amide bonds. The highest BCUT2D eigenvalue weighted by Gasteiger charge is 2.06. The molecule has 8 nitrogen and oxygen atoms in total. The molecule has 0 radical (unpaired) electrons. The van der Waals surface area contributed by atoms with E-state index in [9.17, 15) is 4.79 Å². The van der Waals surface area contributed by atoms with Crippen molar-refractivity contribution < 1.29 is 4.79 Å². The zero-order chi connectivity index (χ0) is 15.5. The van der Waals surface area contributed by atoms with Crippen LogP contribution in [0.4, 0.5) is 11.6 Å². The van der Waals surface area contributed by atoms with Crippen molar-refractivity contribution in [3.63, 3.8) is 0 Å². The Bertz CT molecular complexity index is 809. The molecule has 2 aromatic heterocycles. The molecule has 0 aromatic carbocycles. The molecule has 1 aliphatic heterocycles. The van der Waals surface area contributed by atoms with Crippen LogP contribution < -0.4 is 16.0 Å². The van der Waals surface area contributed by atoms with Crippen LogP contribution in [0.5, 0.6) is 0 Å². The van der Waals surface area contributed by atoms with E-state index in [0.717, 1.165) is 24.0 Å². The molecule has 22 heavy (non-hydrogen) atoms.